The van der Waals surface area contributed by atoms with Crippen molar-refractivity contribution in [2.24, 2.45) is 0 Å². The molecule has 0 spiro atoms. The van der Waals surface area contributed by atoms with E-state index in [9.17, 15) is 9.59 Å². The number of hydrogen-bond donors (Lipinski definition) is 0. The molecule has 20 heavy (non-hydrogen) atoms. The molecule has 5 heteroatoms. The van der Waals surface area contributed by atoms with Gasteiger partial charge in [0, 0.05) is 11.8 Å². The Balaban J connectivity index is 2.10. The monoisotopic (exact) mass is 268 g/mol. The van der Waals surface area contributed by atoms with Crippen molar-refractivity contribution in [1.29, 1.82) is 0 Å². The summed E-state index contributed by atoms with van der Waals surface area (Å²) in [6.45, 7) is 1.83. The van der Waals surface area contributed by atoms with Crippen molar-refractivity contribution in [3.05, 3.63) is 64.3 Å². The first kappa shape index (κ1) is 12.3. The fraction of sp³-hybridized carbons (Fsp3) is 0.133. The summed E-state index contributed by atoms with van der Waals surface area (Å²) in [5, 5.41) is 0. The molecule has 0 bridgehead atoms. The van der Waals surface area contributed by atoms with Crippen LogP contribution in [0.25, 0.3) is 11.2 Å². The highest BCUT2D eigenvalue weighted by Gasteiger charge is 2.12. The van der Waals surface area contributed by atoms with Crippen LogP contribution < -0.4 is 5.76 Å². The zero-order valence-corrected chi connectivity index (χ0v) is 10.9. The molecule has 0 aliphatic heterocycles. The molecule has 0 saturated carbocycles. The van der Waals surface area contributed by atoms with Crippen LogP contribution in [-0.2, 0) is 6.54 Å². The summed E-state index contributed by atoms with van der Waals surface area (Å²) in [5.41, 5.74) is 2.19. The van der Waals surface area contributed by atoms with Gasteiger partial charge in [0.05, 0.1) is 6.54 Å². The van der Waals surface area contributed by atoms with Crippen LogP contribution in [0, 0.1) is 0 Å². The summed E-state index contributed by atoms with van der Waals surface area (Å²) in [5.74, 6) is -0.588. The van der Waals surface area contributed by atoms with E-state index in [0.717, 1.165) is 5.56 Å². The molecule has 5 nitrogen and oxygen atoms in total. The molecule has 0 amide bonds. The van der Waals surface area contributed by atoms with Crippen LogP contribution in [-0.4, -0.2) is 15.3 Å². The molecule has 0 fully saturated rings. The zero-order valence-electron chi connectivity index (χ0n) is 10.9. The van der Waals surface area contributed by atoms with Crippen LogP contribution in [0.15, 0.2) is 51.8 Å². The van der Waals surface area contributed by atoms with E-state index in [4.69, 9.17) is 4.42 Å². The van der Waals surface area contributed by atoms with Gasteiger partial charge in [-0.2, -0.15) is 0 Å². The molecule has 2 aromatic heterocycles. The van der Waals surface area contributed by atoms with Gasteiger partial charge < -0.3 is 4.42 Å². The molecule has 3 rings (SSSR count). The average Bonchev–Trinajstić information content (AvgIpc) is 2.75. The molecule has 1 aromatic carbocycles. The fourth-order valence-electron chi connectivity index (χ4n) is 2.05. The molecule has 0 unspecified atom stereocenters. The van der Waals surface area contributed by atoms with Crippen molar-refractivity contribution in [2.75, 3.05) is 0 Å². The standard InChI is InChI=1S/C15H12N2O3/c1-10(18)12-7-13-14(16-8-12)17(15(19)20-13)9-11-5-3-2-4-6-11/h2-8H,9H2,1H3. The predicted octanol–water partition coefficient (Wildman–Crippen LogP) is 2.24. The number of Topliss-reactive ketones (excluding diaryl/α,β-unsaturated/α-hetero) is 1. The minimum Gasteiger partial charge on any atom is -0.406 e. The highest BCUT2D eigenvalue weighted by atomic mass is 16.4. The second-order valence-electron chi connectivity index (χ2n) is 4.54. The lowest BCUT2D eigenvalue weighted by Crippen LogP contribution is -2.15. The lowest BCUT2D eigenvalue weighted by atomic mass is 10.2. The molecule has 0 aliphatic rings. The highest BCUT2D eigenvalue weighted by Crippen LogP contribution is 2.14. The maximum atomic E-state index is 11.9. The maximum Gasteiger partial charge on any atom is 0.421 e. The lowest BCUT2D eigenvalue weighted by Gasteiger charge is -2.01. The number of rotatable bonds is 3. The fourth-order valence-corrected chi connectivity index (χ4v) is 2.05. The molecule has 0 aliphatic carbocycles. The van der Waals surface area contributed by atoms with Gasteiger partial charge in [0.15, 0.2) is 17.0 Å². The molecular formula is C15H12N2O3. The molecule has 2 heterocycles. The molecule has 100 valence electrons. The number of benzene rings is 1. The number of fused-ring (bicyclic) bond motifs is 1. The van der Waals surface area contributed by atoms with Gasteiger partial charge in [0.25, 0.3) is 0 Å². The first-order chi connectivity index (χ1) is 9.65. The molecule has 0 radical (unpaired) electrons. The molecule has 3 aromatic rings. The van der Waals surface area contributed by atoms with Crippen molar-refractivity contribution in [3.63, 3.8) is 0 Å². The maximum absolute atomic E-state index is 11.9. The van der Waals surface area contributed by atoms with Gasteiger partial charge in [-0.05, 0) is 18.6 Å². The number of carbonyl (C=O) groups excluding carboxylic acids is 1. The summed E-state index contributed by atoms with van der Waals surface area (Å²) < 4.78 is 6.61. The third kappa shape index (κ3) is 2.14. The number of nitrogens with zero attached hydrogens (tertiary/aromatic N) is 2. The number of oxazole rings is 1. The van der Waals surface area contributed by atoms with Crippen LogP contribution in [0.1, 0.15) is 22.8 Å². The first-order valence-corrected chi connectivity index (χ1v) is 6.19. The van der Waals surface area contributed by atoms with Gasteiger partial charge in [-0.3, -0.25) is 9.36 Å². The quantitative estimate of drug-likeness (QED) is 0.683. The normalized spacial score (nSPS) is 10.8. The Morgan fingerprint density at radius 3 is 2.75 bits per heavy atom. The molecular weight excluding hydrogens is 256 g/mol. The summed E-state index contributed by atoms with van der Waals surface area (Å²) in [7, 11) is 0. The minimum atomic E-state index is -0.475. The Bertz CT molecular complexity index is 831. The van der Waals surface area contributed by atoms with Gasteiger partial charge in [0.1, 0.15) is 0 Å². The summed E-state index contributed by atoms with van der Waals surface area (Å²) in [6.07, 6.45) is 1.46. The van der Waals surface area contributed by atoms with E-state index in [2.05, 4.69) is 4.98 Å². The largest absolute Gasteiger partial charge is 0.421 e. The summed E-state index contributed by atoms with van der Waals surface area (Å²) >= 11 is 0. The lowest BCUT2D eigenvalue weighted by molar-refractivity contribution is 0.101. The number of ketones is 1. The Kier molecular flexibility index (Phi) is 2.95. The smallest absolute Gasteiger partial charge is 0.406 e. The first-order valence-electron chi connectivity index (χ1n) is 6.19. The highest BCUT2D eigenvalue weighted by molar-refractivity contribution is 5.95. The Hall–Kier alpha value is -2.69. The predicted molar refractivity (Wildman–Crippen MR) is 73.8 cm³/mol. The zero-order chi connectivity index (χ0) is 14.1. The van der Waals surface area contributed by atoms with Crippen molar-refractivity contribution < 1.29 is 9.21 Å². The van der Waals surface area contributed by atoms with Crippen LogP contribution in [0.3, 0.4) is 0 Å². The van der Waals surface area contributed by atoms with E-state index in [-0.39, 0.29) is 5.78 Å². The van der Waals surface area contributed by atoms with E-state index in [0.29, 0.717) is 23.3 Å². The molecule has 0 N–H and O–H groups in total. The Morgan fingerprint density at radius 1 is 1.30 bits per heavy atom. The van der Waals surface area contributed by atoms with Gasteiger partial charge >= 0.3 is 5.76 Å². The summed E-state index contributed by atoms with van der Waals surface area (Å²) in [6, 6.07) is 11.1. The van der Waals surface area contributed by atoms with Crippen molar-refractivity contribution in [1.82, 2.24) is 9.55 Å². The number of aromatic nitrogens is 2. The van der Waals surface area contributed by atoms with Crippen LogP contribution in [0.2, 0.25) is 0 Å². The Labute approximate surface area is 114 Å². The van der Waals surface area contributed by atoms with Gasteiger partial charge in [-0.25, -0.2) is 9.78 Å². The van der Waals surface area contributed by atoms with Crippen molar-refractivity contribution in [3.8, 4) is 0 Å². The van der Waals surface area contributed by atoms with E-state index >= 15 is 0 Å². The second kappa shape index (κ2) is 4.77. The number of pyridine rings is 1. The van der Waals surface area contributed by atoms with Crippen LogP contribution in [0.5, 0.6) is 0 Å². The molecule has 0 atom stereocenters. The van der Waals surface area contributed by atoms with Gasteiger partial charge in [-0.15, -0.1) is 0 Å². The van der Waals surface area contributed by atoms with Crippen molar-refractivity contribution in [2.45, 2.75) is 13.5 Å². The van der Waals surface area contributed by atoms with E-state index < -0.39 is 5.76 Å². The third-order valence-corrected chi connectivity index (χ3v) is 3.10. The number of carbonyl (C=O) groups is 1. The van der Waals surface area contributed by atoms with Crippen LogP contribution in [0.4, 0.5) is 0 Å². The van der Waals surface area contributed by atoms with Gasteiger partial charge in [-0.1, -0.05) is 30.3 Å². The Morgan fingerprint density at radius 2 is 2.05 bits per heavy atom. The average molecular weight is 268 g/mol. The van der Waals surface area contributed by atoms with Crippen LogP contribution >= 0.6 is 0 Å². The second-order valence-corrected chi connectivity index (χ2v) is 4.54. The van der Waals surface area contributed by atoms with E-state index in [1.165, 1.54) is 17.7 Å². The molecule has 0 saturated heterocycles. The topological polar surface area (TPSA) is 65.1 Å². The van der Waals surface area contributed by atoms with Crippen molar-refractivity contribution >= 4 is 17.0 Å². The SMILES string of the molecule is CC(=O)c1cnc2c(c1)oc(=O)n2Cc1ccccc1. The van der Waals surface area contributed by atoms with E-state index in [1.54, 1.807) is 6.07 Å². The van der Waals surface area contributed by atoms with E-state index in [1.807, 2.05) is 30.3 Å². The minimum absolute atomic E-state index is 0.113. The third-order valence-electron chi connectivity index (χ3n) is 3.10. The summed E-state index contributed by atoms with van der Waals surface area (Å²) in [4.78, 5) is 27.4. The van der Waals surface area contributed by atoms with Gasteiger partial charge in [0.2, 0.25) is 0 Å². The number of hydrogen-bond acceptors (Lipinski definition) is 4.